The number of nitrogens with one attached hydrogen (secondary N) is 1. The Morgan fingerprint density at radius 1 is 0.808 bits per heavy atom. The first kappa shape index (κ1) is 18.4. The highest BCUT2D eigenvalue weighted by Gasteiger charge is 2.23. The summed E-state index contributed by atoms with van der Waals surface area (Å²) in [5, 5.41) is 4.04. The van der Waals surface area contributed by atoms with Crippen LogP contribution in [0.15, 0.2) is 66.7 Å². The molecular formula is C20H13Cl2F2NO. The van der Waals surface area contributed by atoms with E-state index in [1.165, 1.54) is 0 Å². The zero-order chi connectivity index (χ0) is 18.7. The van der Waals surface area contributed by atoms with E-state index < -0.39 is 17.7 Å². The van der Waals surface area contributed by atoms with Crippen molar-refractivity contribution in [3.8, 4) is 0 Å². The molecule has 6 heteroatoms. The largest absolute Gasteiger partial charge is 0.371 e. The Bertz CT molecular complexity index is 907. The number of ketones is 1. The van der Waals surface area contributed by atoms with Crippen molar-refractivity contribution < 1.29 is 13.6 Å². The van der Waals surface area contributed by atoms with E-state index in [9.17, 15) is 13.6 Å². The summed E-state index contributed by atoms with van der Waals surface area (Å²) in [7, 11) is 0. The van der Waals surface area contributed by atoms with Crippen molar-refractivity contribution in [2.45, 2.75) is 6.04 Å². The van der Waals surface area contributed by atoms with Crippen LogP contribution in [0.25, 0.3) is 0 Å². The summed E-state index contributed by atoms with van der Waals surface area (Å²) in [6.07, 6.45) is 0. The van der Waals surface area contributed by atoms with Gasteiger partial charge in [-0.3, -0.25) is 4.79 Å². The summed E-state index contributed by atoms with van der Waals surface area (Å²) in [5.74, 6) is -1.86. The molecule has 0 saturated carbocycles. The minimum absolute atomic E-state index is 0.178. The van der Waals surface area contributed by atoms with Crippen LogP contribution in [0.1, 0.15) is 22.0 Å². The van der Waals surface area contributed by atoms with Crippen LogP contribution in [0.4, 0.5) is 14.5 Å². The molecule has 1 N–H and O–H groups in total. The van der Waals surface area contributed by atoms with Gasteiger partial charge in [-0.25, -0.2) is 8.78 Å². The molecule has 0 bridgehead atoms. The van der Waals surface area contributed by atoms with Gasteiger partial charge in [-0.15, -0.1) is 0 Å². The molecule has 0 aliphatic carbocycles. The summed E-state index contributed by atoms with van der Waals surface area (Å²) in [4.78, 5) is 13.0. The molecule has 26 heavy (non-hydrogen) atoms. The molecule has 0 fully saturated rings. The quantitative estimate of drug-likeness (QED) is 0.516. The third-order valence-corrected chi connectivity index (χ3v) is 4.27. The van der Waals surface area contributed by atoms with E-state index in [1.54, 1.807) is 48.5 Å². The Morgan fingerprint density at radius 2 is 1.31 bits per heavy atom. The standard InChI is InChI=1S/C20H13Cl2F2NO/c21-14-3-1-12(2-4-14)20(26)19(13-9-16(23)11-17(24)10-13)25-18-7-5-15(22)6-8-18/h1-11,19,25H. The van der Waals surface area contributed by atoms with Crippen molar-refractivity contribution in [1.29, 1.82) is 0 Å². The van der Waals surface area contributed by atoms with Crippen LogP contribution in [0.3, 0.4) is 0 Å². The van der Waals surface area contributed by atoms with Gasteiger partial charge in [0.2, 0.25) is 0 Å². The molecule has 0 heterocycles. The molecule has 0 aliphatic heterocycles. The maximum atomic E-state index is 13.7. The molecule has 132 valence electrons. The number of rotatable bonds is 5. The molecule has 0 saturated heterocycles. The molecule has 3 rings (SSSR count). The number of Topliss-reactive ketones (excluding diaryl/α,β-unsaturated/α-hetero) is 1. The summed E-state index contributed by atoms with van der Waals surface area (Å²) >= 11 is 11.7. The highest BCUT2D eigenvalue weighted by atomic mass is 35.5. The number of halogens is 4. The van der Waals surface area contributed by atoms with Gasteiger partial charge in [0, 0.05) is 27.4 Å². The summed E-state index contributed by atoms with van der Waals surface area (Å²) in [6, 6.07) is 15.0. The second kappa shape index (κ2) is 7.85. The van der Waals surface area contributed by atoms with Gasteiger partial charge >= 0.3 is 0 Å². The first-order valence-corrected chi connectivity index (χ1v) is 8.46. The second-order valence-electron chi connectivity index (χ2n) is 5.66. The van der Waals surface area contributed by atoms with Crippen molar-refractivity contribution in [2.24, 2.45) is 0 Å². The Morgan fingerprint density at radius 3 is 1.85 bits per heavy atom. The van der Waals surface area contributed by atoms with Gasteiger partial charge in [-0.1, -0.05) is 23.2 Å². The first-order valence-electron chi connectivity index (χ1n) is 7.70. The molecule has 3 aromatic rings. The van der Waals surface area contributed by atoms with Gasteiger partial charge < -0.3 is 5.32 Å². The minimum Gasteiger partial charge on any atom is -0.371 e. The van der Waals surface area contributed by atoms with Gasteiger partial charge in [0.05, 0.1) is 0 Å². The molecular weight excluding hydrogens is 379 g/mol. The van der Waals surface area contributed by atoms with E-state index in [0.29, 0.717) is 21.3 Å². The lowest BCUT2D eigenvalue weighted by Gasteiger charge is -2.20. The van der Waals surface area contributed by atoms with Crippen LogP contribution in [-0.2, 0) is 0 Å². The van der Waals surface area contributed by atoms with E-state index in [4.69, 9.17) is 23.2 Å². The summed E-state index contributed by atoms with van der Waals surface area (Å²) in [6.45, 7) is 0. The highest BCUT2D eigenvalue weighted by Crippen LogP contribution is 2.26. The Kier molecular flexibility index (Phi) is 5.55. The van der Waals surface area contributed by atoms with E-state index in [1.807, 2.05) is 0 Å². The maximum absolute atomic E-state index is 13.7. The van der Waals surface area contributed by atoms with E-state index in [-0.39, 0.29) is 11.3 Å². The van der Waals surface area contributed by atoms with Crippen LogP contribution < -0.4 is 5.32 Å². The molecule has 0 aromatic heterocycles. The third-order valence-electron chi connectivity index (χ3n) is 3.76. The lowest BCUT2D eigenvalue weighted by atomic mass is 9.96. The van der Waals surface area contributed by atoms with Crippen molar-refractivity contribution in [2.75, 3.05) is 5.32 Å². The lowest BCUT2D eigenvalue weighted by Crippen LogP contribution is -2.21. The smallest absolute Gasteiger partial charge is 0.189 e. The summed E-state index contributed by atoms with van der Waals surface area (Å²) in [5.41, 5.74) is 1.13. The van der Waals surface area contributed by atoms with Crippen molar-refractivity contribution in [3.63, 3.8) is 0 Å². The van der Waals surface area contributed by atoms with Gasteiger partial charge in [0.25, 0.3) is 0 Å². The Balaban J connectivity index is 2.01. The number of benzene rings is 3. The molecule has 0 amide bonds. The highest BCUT2D eigenvalue weighted by molar-refractivity contribution is 6.31. The van der Waals surface area contributed by atoms with Crippen molar-refractivity contribution in [3.05, 3.63) is 99.5 Å². The first-order chi connectivity index (χ1) is 12.4. The van der Waals surface area contributed by atoms with Crippen LogP contribution in [0, 0.1) is 11.6 Å². The number of hydrogen-bond donors (Lipinski definition) is 1. The van der Waals surface area contributed by atoms with Crippen molar-refractivity contribution in [1.82, 2.24) is 0 Å². The predicted molar refractivity (Wildman–Crippen MR) is 100.0 cm³/mol. The van der Waals surface area contributed by atoms with Gasteiger partial charge in [0.15, 0.2) is 5.78 Å². The number of carbonyl (C=O) groups excluding carboxylic acids is 1. The van der Waals surface area contributed by atoms with Crippen LogP contribution in [-0.4, -0.2) is 5.78 Å². The topological polar surface area (TPSA) is 29.1 Å². The fraction of sp³-hybridized carbons (Fsp3) is 0.0500. The average molecular weight is 392 g/mol. The lowest BCUT2D eigenvalue weighted by molar-refractivity contribution is 0.0969. The van der Waals surface area contributed by atoms with Gasteiger partial charge in [0.1, 0.15) is 17.7 Å². The molecule has 0 spiro atoms. The number of anilines is 1. The van der Waals surface area contributed by atoms with Crippen LogP contribution in [0.2, 0.25) is 10.0 Å². The zero-order valence-corrected chi connectivity index (χ0v) is 14.9. The molecule has 1 atom stereocenters. The van der Waals surface area contributed by atoms with Crippen LogP contribution >= 0.6 is 23.2 Å². The number of carbonyl (C=O) groups is 1. The Hall–Kier alpha value is -2.43. The fourth-order valence-electron chi connectivity index (χ4n) is 2.54. The third kappa shape index (κ3) is 4.40. The average Bonchev–Trinajstić information content (AvgIpc) is 2.60. The molecule has 1 unspecified atom stereocenters. The van der Waals surface area contributed by atoms with E-state index >= 15 is 0 Å². The molecule has 2 nitrogen and oxygen atoms in total. The molecule has 0 aliphatic rings. The second-order valence-corrected chi connectivity index (χ2v) is 6.53. The SMILES string of the molecule is O=C(c1ccc(Cl)cc1)C(Nc1ccc(Cl)cc1)c1cc(F)cc(F)c1. The van der Waals surface area contributed by atoms with Gasteiger partial charge in [-0.05, 0) is 66.2 Å². The number of hydrogen-bond acceptors (Lipinski definition) is 2. The van der Waals surface area contributed by atoms with Gasteiger partial charge in [-0.2, -0.15) is 0 Å². The molecule has 3 aromatic carbocycles. The van der Waals surface area contributed by atoms with Crippen molar-refractivity contribution >= 4 is 34.7 Å². The fourth-order valence-corrected chi connectivity index (χ4v) is 2.79. The van der Waals surface area contributed by atoms with E-state index in [2.05, 4.69) is 5.32 Å². The molecule has 0 radical (unpaired) electrons. The zero-order valence-electron chi connectivity index (χ0n) is 13.3. The minimum atomic E-state index is -0.984. The predicted octanol–water partition coefficient (Wildman–Crippen LogP) is 6.31. The maximum Gasteiger partial charge on any atom is 0.189 e. The summed E-state index contributed by atoms with van der Waals surface area (Å²) < 4.78 is 27.4. The monoisotopic (exact) mass is 391 g/mol. The van der Waals surface area contributed by atoms with Crippen LogP contribution in [0.5, 0.6) is 0 Å². The van der Waals surface area contributed by atoms with E-state index in [0.717, 1.165) is 18.2 Å². The Labute approximate surface area is 159 Å². The normalized spacial score (nSPS) is 11.8.